The molecule has 0 unspecified atom stereocenters. The molecule has 7 nitrogen and oxygen atoms in total. The Bertz CT molecular complexity index is 703. The molecule has 116 valence electrons. The molecule has 0 N–H and O–H groups in total. The molecule has 2 rings (SSSR count). The van der Waals surface area contributed by atoms with Crippen molar-refractivity contribution in [2.75, 3.05) is 13.6 Å². The van der Waals surface area contributed by atoms with Gasteiger partial charge >= 0.3 is 0 Å². The molecule has 0 radical (unpaired) electrons. The van der Waals surface area contributed by atoms with Crippen LogP contribution in [0.15, 0.2) is 23.4 Å². The molecule has 0 aliphatic rings. The van der Waals surface area contributed by atoms with Crippen molar-refractivity contribution in [2.24, 2.45) is 0 Å². The van der Waals surface area contributed by atoms with Gasteiger partial charge in [-0.3, -0.25) is 9.36 Å². The first kappa shape index (κ1) is 15.7. The van der Waals surface area contributed by atoms with Gasteiger partial charge in [0.05, 0.1) is 24.5 Å². The van der Waals surface area contributed by atoms with Crippen LogP contribution in [0.5, 0.6) is 0 Å². The second-order valence-corrected chi connectivity index (χ2v) is 6.89. The lowest BCUT2D eigenvalue weighted by Gasteiger charge is -2.15. The average Bonchev–Trinajstić information content (AvgIpc) is 3.03. The predicted molar refractivity (Wildman–Crippen MR) is 79.4 cm³/mol. The largest absolute Gasteiger partial charge is 0.271 e. The summed E-state index contributed by atoms with van der Waals surface area (Å²) in [7, 11) is -1.90. The SMILES string of the molecule is CCN(C)S(=O)(=O)c1c(C)nn(CCn2cccn2)c1C. The summed E-state index contributed by atoms with van der Waals surface area (Å²) in [5.41, 5.74) is 1.20. The number of hydrogen-bond acceptors (Lipinski definition) is 4. The molecule has 0 aromatic carbocycles. The summed E-state index contributed by atoms with van der Waals surface area (Å²) in [6, 6.07) is 1.85. The van der Waals surface area contributed by atoms with Gasteiger partial charge in [0.2, 0.25) is 10.0 Å². The van der Waals surface area contributed by atoms with Crippen LogP contribution in [0.2, 0.25) is 0 Å². The van der Waals surface area contributed by atoms with E-state index in [9.17, 15) is 8.42 Å². The molecule has 0 saturated heterocycles. The van der Waals surface area contributed by atoms with Crippen molar-refractivity contribution >= 4 is 10.0 Å². The Labute approximate surface area is 125 Å². The van der Waals surface area contributed by atoms with Gasteiger partial charge in [-0.05, 0) is 19.9 Å². The third-order valence-corrected chi connectivity index (χ3v) is 5.71. The molecule has 0 saturated carbocycles. The molecule has 8 heteroatoms. The number of sulfonamides is 1. The van der Waals surface area contributed by atoms with Crippen molar-refractivity contribution in [1.29, 1.82) is 0 Å². The normalized spacial score (nSPS) is 12.2. The fraction of sp³-hybridized carbons (Fsp3) is 0.538. The van der Waals surface area contributed by atoms with Gasteiger partial charge in [-0.2, -0.15) is 10.2 Å². The molecule has 0 spiro atoms. The maximum Gasteiger partial charge on any atom is 0.246 e. The van der Waals surface area contributed by atoms with Gasteiger partial charge in [0.15, 0.2) is 0 Å². The summed E-state index contributed by atoms with van der Waals surface area (Å²) < 4.78 is 29.9. The van der Waals surface area contributed by atoms with Crippen molar-refractivity contribution in [3.05, 3.63) is 29.8 Å². The highest BCUT2D eigenvalue weighted by Crippen LogP contribution is 2.22. The van der Waals surface area contributed by atoms with Crippen LogP contribution in [-0.4, -0.2) is 45.9 Å². The van der Waals surface area contributed by atoms with Crippen LogP contribution in [0.3, 0.4) is 0 Å². The maximum atomic E-state index is 12.5. The molecule has 0 aliphatic heterocycles. The number of aryl methyl sites for hydroxylation is 3. The summed E-state index contributed by atoms with van der Waals surface area (Å²) in [4.78, 5) is 0.312. The molecule has 2 aromatic rings. The minimum Gasteiger partial charge on any atom is -0.271 e. The first-order valence-corrected chi connectivity index (χ1v) is 8.29. The van der Waals surface area contributed by atoms with Crippen molar-refractivity contribution < 1.29 is 8.42 Å². The molecule has 0 fully saturated rings. The zero-order valence-electron chi connectivity index (χ0n) is 12.8. The van der Waals surface area contributed by atoms with Crippen LogP contribution < -0.4 is 0 Å². The Morgan fingerprint density at radius 2 is 2.00 bits per heavy atom. The van der Waals surface area contributed by atoms with Crippen LogP contribution in [0.4, 0.5) is 0 Å². The molecule has 0 bridgehead atoms. The monoisotopic (exact) mass is 311 g/mol. The van der Waals surface area contributed by atoms with E-state index in [0.29, 0.717) is 35.9 Å². The lowest BCUT2D eigenvalue weighted by atomic mass is 10.4. The number of hydrogen-bond donors (Lipinski definition) is 0. The van der Waals surface area contributed by atoms with Crippen LogP contribution in [-0.2, 0) is 23.1 Å². The minimum absolute atomic E-state index is 0.312. The van der Waals surface area contributed by atoms with Crippen LogP contribution in [0.25, 0.3) is 0 Å². The molecule has 2 heterocycles. The van der Waals surface area contributed by atoms with Gasteiger partial charge in [0.1, 0.15) is 4.90 Å². The van der Waals surface area contributed by atoms with Crippen LogP contribution in [0.1, 0.15) is 18.3 Å². The van der Waals surface area contributed by atoms with E-state index in [4.69, 9.17) is 0 Å². The molecule has 21 heavy (non-hydrogen) atoms. The molecule has 0 atom stereocenters. The van der Waals surface area contributed by atoms with E-state index < -0.39 is 10.0 Å². The summed E-state index contributed by atoms with van der Waals surface area (Å²) in [5, 5.41) is 8.49. The minimum atomic E-state index is -3.47. The van der Waals surface area contributed by atoms with Crippen molar-refractivity contribution in [2.45, 2.75) is 38.8 Å². The summed E-state index contributed by atoms with van der Waals surface area (Å²) in [5.74, 6) is 0. The highest BCUT2D eigenvalue weighted by molar-refractivity contribution is 7.89. The van der Waals surface area contributed by atoms with E-state index in [1.165, 1.54) is 4.31 Å². The van der Waals surface area contributed by atoms with E-state index in [0.717, 1.165) is 0 Å². The number of rotatable bonds is 6. The first-order chi connectivity index (χ1) is 9.87. The fourth-order valence-electron chi connectivity index (χ4n) is 2.23. The Kier molecular flexibility index (Phi) is 4.48. The van der Waals surface area contributed by atoms with E-state index in [1.807, 2.05) is 19.2 Å². The van der Waals surface area contributed by atoms with Gasteiger partial charge < -0.3 is 0 Å². The second-order valence-electron chi connectivity index (χ2n) is 4.91. The number of aromatic nitrogens is 4. The fourth-order valence-corrected chi connectivity index (χ4v) is 3.77. The lowest BCUT2D eigenvalue weighted by molar-refractivity contribution is 0.481. The molecule has 0 amide bonds. The smallest absolute Gasteiger partial charge is 0.246 e. The Morgan fingerprint density at radius 3 is 2.57 bits per heavy atom. The topological polar surface area (TPSA) is 73.0 Å². The average molecular weight is 311 g/mol. The highest BCUT2D eigenvalue weighted by atomic mass is 32.2. The second kappa shape index (κ2) is 5.98. The Morgan fingerprint density at radius 1 is 1.29 bits per heavy atom. The summed E-state index contributed by atoms with van der Waals surface area (Å²) in [6.45, 7) is 7.00. The van der Waals surface area contributed by atoms with Crippen LogP contribution >= 0.6 is 0 Å². The van der Waals surface area contributed by atoms with Crippen molar-refractivity contribution in [3.8, 4) is 0 Å². The molecule has 2 aromatic heterocycles. The first-order valence-electron chi connectivity index (χ1n) is 6.85. The molecule has 0 aliphatic carbocycles. The van der Waals surface area contributed by atoms with E-state index in [2.05, 4.69) is 10.2 Å². The van der Waals surface area contributed by atoms with E-state index >= 15 is 0 Å². The molecular formula is C13H21N5O2S. The Balaban J connectivity index is 2.29. The van der Waals surface area contributed by atoms with E-state index in [1.54, 1.807) is 36.5 Å². The standard InChI is InChI=1S/C13H21N5O2S/c1-5-16(4)21(19,20)13-11(2)15-18(12(13)3)10-9-17-8-6-7-14-17/h6-8H,5,9-10H2,1-4H3. The third-order valence-electron chi connectivity index (χ3n) is 3.53. The predicted octanol–water partition coefficient (Wildman–Crippen LogP) is 1.04. The van der Waals surface area contributed by atoms with Crippen molar-refractivity contribution in [1.82, 2.24) is 23.9 Å². The summed E-state index contributed by atoms with van der Waals surface area (Å²) >= 11 is 0. The zero-order chi connectivity index (χ0) is 15.6. The van der Waals surface area contributed by atoms with Gasteiger partial charge in [0.25, 0.3) is 0 Å². The van der Waals surface area contributed by atoms with Crippen molar-refractivity contribution in [3.63, 3.8) is 0 Å². The van der Waals surface area contributed by atoms with Gasteiger partial charge in [-0.15, -0.1) is 0 Å². The van der Waals surface area contributed by atoms with Crippen LogP contribution in [0, 0.1) is 13.8 Å². The zero-order valence-corrected chi connectivity index (χ0v) is 13.6. The van der Waals surface area contributed by atoms with Gasteiger partial charge in [-0.1, -0.05) is 6.92 Å². The summed E-state index contributed by atoms with van der Waals surface area (Å²) in [6.07, 6.45) is 3.58. The highest BCUT2D eigenvalue weighted by Gasteiger charge is 2.27. The quantitative estimate of drug-likeness (QED) is 0.799. The third kappa shape index (κ3) is 3.01. The molecular weight excluding hydrogens is 290 g/mol. The Hall–Kier alpha value is -1.67. The lowest BCUT2D eigenvalue weighted by Crippen LogP contribution is -2.27. The van der Waals surface area contributed by atoms with E-state index in [-0.39, 0.29) is 0 Å². The number of nitrogens with zero attached hydrogens (tertiary/aromatic N) is 5. The van der Waals surface area contributed by atoms with Gasteiger partial charge in [0, 0.05) is 26.0 Å². The maximum absolute atomic E-state index is 12.5. The van der Waals surface area contributed by atoms with Gasteiger partial charge in [-0.25, -0.2) is 12.7 Å².